The molecule has 1 unspecified atom stereocenters. The SMILES string of the molecule is CC/C=C\C/C=C\C/C=C\C/C=C\C/C=C\C/C=C\CCCOCC(CCOS(C)(=O)=O)OCCC/C=C\C/C=C\C/C=C\C/C=C\C/C=C\C/C=C\CC. The highest BCUT2D eigenvalue weighted by atomic mass is 32.2. The summed E-state index contributed by atoms with van der Waals surface area (Å²) in [6.07, 6.45) is 70.0. The largest absolute Gasteiger partial charge is 0.379 e. The third-order valence-electron chi connectivity index (χ3n) is 7.76. The first-order chi connectivity index (χ1) is 27.0. The minimum Gasteiger partial charge on any atom is -0.379 e. The molecule has 0 aliphatic carbocycles. The van der Waals surface area contributed by atoms with Gasteiger partial charge >= 0.3 is 0 Å². The van der Waals surface area contributed by atoms with Crippen molar-refractivity contribution in [1.82, 2.24) is 0 Å². The average Bonchev–Trinajstić information content (AvgIpc) is 3.16. The van der Waals surface area contributed by atoms with Crippen LogP contribution in [0.15, 0.2) is 146 Å². The van der Waals surface area contributed by atoms with Crippen molar-refractivity contribution in [2.24, 2.45) is 0 Å². The van der Waals surface area contributed by atoms with E-state index in [0.29, 0.717) is 26.2 Å². The molecule has 0 aromatic heterocycles. The summed E-state index contributed by atoms with van der Waals surface area (Å²) in [4.78, 5) is 0. The molecule has 0 aromatic carbocycles. The van der Waals surface area contributed by atoms with E-state index in [1.165, 1.54) is 0 Å². The van der Waals surface area contributed by atoms with Crippen LogP contribution in [0.4, 0.5) is 0 Å². The number of hydrogen-bond donors (Lipinski definition) is 0. The lowest BCUT2D eigenvalue weighted by Crippen LogP contribution is -2.23. The Kier molecular flexibility index (Phi) is 40.8. The van der Waals surface area contributed by atoms with E-state index in [9.17, 15) is 8.42 Å². The van der Waals surface area contributed by atoms with Crippen LogP contribution in [-0.2, 0) is 23.8 Å². The third kappa shape index (κ3) is 46.8. The molecule has 0 heterocycles. The van der Waals surface area contributed by atoms with Crippen LogP contribution in [0.3, 0.4) is 0 Å². The smallest absolute Gasteiger partial charge is 0.264 e. The summed E-state index contributed by atoms with van der Waals surface area (Å²) in [6.45, 7) is 6.06. The molecule has 1 atom stereocenters. The zero-order valence-corrected chi connectivity index (χ0v) is 35.5. The molecule has 0 saturated heterocycles. The van der Waals surface area contributed by atoms with Crippen LogP contribution in [0, 0.1) is 0 Å². The summed E-state index contributed by atoms with van der Waals surface area (Å²) >= 11 is 0. The van der Waals surface area contributed by atoms with Crippen molar-refractivity contribution in [3.8, 4) is 0 Å². The summed E-state index contributed by atoms with van der Waals surface area (Å²) in [5, 5.41) is 0. The van der Waals surface area contributed by atoms with Gasteiger partial charge in [-0.05, 0) is 103 Å². The van der Waals surface area contributed by atoms with E-state index < -0.39 is 10.1 Å². The van der Waals surface area contributed by atoms with Crippen molar-refractivity contribution in [2.45, 2.75) is 129 Å². The van der Waals surface area contributed by atoms with Gasteiger partial charge in [0.15, 0.2) is 0 Å². The van der Waals surface area contributed by atoms with Crippen LogP contribution in [0.1, 0.15) is 123 Å². The molecule has 0 fully saturated rings. The van der Waals surface area contributed by atoms with E-state index in [2.05, 4.69) is 160 Å². The van der Waals surface area contributed by atoms with Crippen LogP contribution in [0.25, 0.3) is 0 Å². The predicted octanol–water partition coefficient (Wildman–Crippen LogP) is 13.7. The fourth-order valence-corrected chi connectivity index (χ4v) is 5.19. The van der Waals surface area contributed by atoms with Gasteiger partial charge in [0.1, 0.15) is 0 Å². The van der Waals surface area contributed by atoms with E-state index >= 15 is 0 Å². The van der Waals surface area contributed by atoms with E-state index in [0.717, 1.165) is 109 Å². The zero-order valence-electron chi connectivity index (χ0n) is 34.7. The lowest BCUT2D eigenvalue weighted by molar-refractivity contribution is -0.0261. The van der Waals surface area contributed by atoms with Crippen molar-refractivity contribution in [1.29, 1.82) is 0 Å². The number of ether oxygens (including phenoxy) is 2. The summed E-state index contributed by atoms with van der Waals surface area (Å²) in [6, 6.07) is 0. The lowest BCUT2D eigenvalue weighted by atomic mass is 10.2. The molecule has 0 spiro atoms. The quantitative estimate of drug-likeness (QED) is 0.0357. The van der Waals surface area contributed by atoms with Gasteiger partial charge in [0.25, 0.3) is 10.1 Å². The molecule has 55 heavy (non-hydrogen) atoms. The van der Waals surface area contributed by atoms with Gasteiger partial charge in [-0.25, -0.2) is 0 Å². The fourth-order valence-electron chi connectivity index (χ4n) is 4.79. The van der Waals surface area contributed by atoms with Gasteiger partial charge in [-0.1, -0.05) is 160 Å². The molecule has 0 radical (unpaired) electrons. The normalized spacial score (nSPS) is 14.3. The highest BCUT2D eigenvalue weighted by Crippen LogP contribution is 2.06. The van der Waals surface area contributed by atoms with E-state index in [4.69, 9.17) is 13.7 Å². The Labute approximate surface area is 338 Å². The fraction of sp³-hybridized carbons (Fsp3) is 0.510. The Morgan fingerprint density at radius 2 is 0.727 bits per heavy atom. The molecule has 0 amide bonds. The minimum absolute atomic E-state index is 0.0958. The maximum absolute atomic E-state index is 11.4. The monoisotopic (exact) mass is 777 g/mol. The molecule has 0 bridgehead atoms. The predicted molar refractivity (Wildman–Crippen MR) is 241 cm³/mol. The van der Waals surface area contributed by atoms with Gasteiger partial charge in [0.2, 0.25) is 0 Å². The standard InChI is InChI=1S/C49H76O5S/c1-4-6-8-10-12-14-16-18-20-22-24-26-28-30-32-34-36-38-40-42-45-52-48-49(44-47-54-55(3,50)51)53-46-43-41-39-37-35-33-31-29-27-25-23-21-19-17-15-13-11-9-7-5-2/h6-9,12-15,18-21,24-27,30-33,36-39,49H,4-5,10-11,16-17,22-23,28-29,34-35,40-48H2,1-3H3/b8-6-,9-7-,14-12-,15-13-,20-18-,21-19-,26-24-,27-25-,32-30-,33-31-,38-36-,39-37-. The summed E-state index contributed by atoms with van der Waals surface area (Å²) in [5.41, 5.74) is 0. The lowest BCUT2D eigenvalue weighted by Gasteiger charge is -2.18. The molecule has 5 nitrogen and oxygen atoms in total. The number of rotatable bonds is 37. The van der Waals surface area contributed by atoms with Gasteiger partial charge in [-0.15, -0.1) is 0 Å². The first-order valence-corrected chi connectivity index (χ1v) is 22.6. The first kappa shape index (κ1) is 51.7. The Bertz CT molecular complexity index is 1320. The van der Waals surface area contributed by atoms with Crippen LogP contribution in [0.2, 0.25) is 0 Å². The number of hydrogen-bond acceptors (Lipinski definition) is 5. The maximum Gasteiger partial charge on any atom is 0.264 e. The highest BCUT2D eigenvalue weighted by Gasteiger charge is 2.11. The van der Waals surface area contributed by atoms with Gasteiger partial charge in [0, 0.05) is 19.6 Å². The Morgan fingerprint density at radius 3 is 1.05 bits per heavy atom. The second kappa shape index (κ2) is 43.4. The molecule has 0 aliphatic heterocycles. The molecular weight excluding hydrogens is 701 g/mol. The minimum atomic E-state index is -3.47. The van der Waals surface area contributed by atoms with Crippen LogP contribution >= 0.6 is 0 Å². The maximum atomic E-state index is 11.4. The van der Waals surface area contributed by atoms with Crippen molar-refractivity contribution in [3.63, 3.8) is 0 Å². The summed E-state index contributed by atoms with van der Waals surface area (Å²) in [7, 11) is -3.47. The Hall–Kier alpha value is -3.29. The molecule has 0 rings (SSSR count). The van der Waals surface area contributed by atoms with E-state index in [1.807, 2.05) is 0 Å². The molecular formula is C49H76O5S. The summed E-state index contributed by atoms with van der Waals surface area (Å²) in [5.74, 6) is 0. The van der Waals surface area contributed by atoms with Crippen molar-refractivity contribution >= 4 is 10.1 Å². The van der Waals surface area contributed by atoms with Gasteiger partial charge in [-0.3, -0.25) is 4.18 Å². The van der Waals surface area contributed by atoms with Crippen LogP contribution < -0.4 is 0 Å². The molecule has 6 heteroatoms. The molecule has 308 valence electrons. The van der Waals surface area contributed by atoms with Crippen LogP contribution in [-0.4, -0.2) is 47.2 Å². The molecule has 0 aliphatic rings. The highest BCUT2D eigenvalue weighted by molar-refractivity contribution is 7.85. The Balaban J connectivity index is 4.05. The van der Waals surface area contributed by atoms with Crippen molar-refractivity contribution in [3.05, 3.63) is 146 Å². The van der Waals surface area contributed by atoms with E-state index in [-0.39, 0.29) is 12.7 Å². The van der Waals surface area contributed by atoms with Gasteiger partial charge in [0.05, 0.1) is 25.6 Å². The second-order valence-electron chi connectivity index (χ2n) is 13.0. The average molecular weight is 777 g/mol. The first-order valence-electron chi connectivity index (χ1n) is 20.8. The van der Waals surface area contributed by atoms with Gasteiger partial charge in [-0.2, -0.15) is 8.42 Å². The zero-order chi connectivity index (χ0) is 40.0. The molecule has 0 N–H and O–H groups in total. The Morgan fingerprint density at radius 1 is 0.418 bits per heavy atom. The van der Waals surface area contributed by atoms with Crippen molar-refractivity contribution in [2.75, 3.05) is 32.7 Å². The van der Waals surface area contributed by atoms with Gasteiger partial charge < -0.3 is 9.47 Å². The topological polar surface area (TPSA) is 61.8 Å². The van der Waals surface area contributed by atoms with Crippen LogP contribution in [0.5, 0.6) is 0 Å². The second-order valence-corrected chi connectivity index (χ2v) is 14.6. The number of allylic oxidation sites excluding steroid dienone is 24. The van der Waals surface area contributed by atoms with E-state index in [1.54, 1.807) is 0 Å². The molecule has 0 saturated carbocycles. The van der Waals surface area contributed by atoms with Crippen molar-refractivity contribution < 1.29 is 22.1 Å². The summed E-state index contributed by atoms with van der Waals surface area (Å²) < 4.78 is 39.7. The third-order valence-corrected chi connectivity index (χ3v) is 8.36. The number of unbranched alkanes of at least 4 members (excludes halogenated alkanes) is 2. The molecule has 0 aromatic rings.